The Morgan fingerprint density at radius 3 is 2.75 bits per heavy atom. The van der Waals surface area contributed by atoms with Gasteiger partial charge in [-0.2, -0.15) is 0 Å². The molecule has 0 radical (unpaired) electrons. The molecule has 0 bridgehead atoms. The van der Waals surface area contributed by atoms with Crippen LogP contribution in [0.1, 0.15) is 0 Å². The van der Waals surface area contributed by atoms with Crippen LogP contribution >= 0.6 is 0 Å². The standard InChI is InChI=1S/C13H12N4O2S/c1-19-8-3-4-9(10(7-8)20(2)18)11-16-12-13(17-11)15-6-5-14-12/h3-7H,1-2H3,(H,14,15,16,17). The molecule has 0 aliphatic rings. The molecule has 7 heteroatoms. The molecule has 2 heterocycles. The van der Waals surface area contributed by atoms with Crippen molar-refractivity contribution in [3.05, 3.63) is 30.6 Å². The fourth-order valence-corrected chi connectivity index (χ4v) is 2.69. The zero-order valence-electron chi connectivity index (χ0n) is 11.0. The molecule has 0 saturated heterocycles. The Hall–Kier alpha value is -2.28. The summed E-state index contributed by atoms with van der Waals surface area (Å²) in [4.78, 5) is 16.4. The summed E-state index contributed by atoms with van der Waals surface area (Å²) in [5.41, 5.74) is 1.89. The van der Waals surface area contributed by atoms with Gasteiger partial charge in [0.15, 0.2) is 11.3 Å². The van der Waals surface area contributed by atoms with Gasteiger partial charge in [0.25, 0.3) is 0 Å². The minimum Gasteiger partial charge on any atom is -0.497 e. The van der Waals surface area contributed by atoms with Gasteiger partial charge < -0.3 is 9.72 Å². The number of methoxy groups -OCH3 is 1. The van der Waals surface area contributed by atoms with Crippen LogP contribution in [-0.2, 0) is 10.8 Å². The minimum atomic E-state index is -1.16. The summed E-state index contributed by atoms with van der Waals surface area (Å²) in [5, 5.41) is 0. The number of aromatic nitrogens is 4. The Bertz CT molecular complexity index is 767. The summed E-state index contributed by atoms with van der Waals surface area (Å²) >= 11 is 0. The van der Waals surface area contributed by atoms with Crippen LogP contribution < -0.4 is 4.74 Å². The molecule has 6 nitrogen and oxygen atoms in total. The van der Waals surface area contributed by atoms with Crippen molar-refractivity contribution >= 4 is 22.1 Å². The Kier molecular flexibility index (Phi) is 3.19. The highest BCUT2D eigenvalue weighted by Gasteiger charge is 2.14. The van der Waals surface area contributed by atoms with E-state index in [1.807, 2.05) is 6.07 Å². The molecule has 2 aromatic heterocycles. The highest BCUT2D eigenvalue weighted by molar-refractivity contribution is 7.84. The van der Waals surface area contributed by atoms with Crippen LogP contribution in [0.15, 0.2) is 35.5 Å². The summed E-state index contributed by atoms with van der Waals surface area (Å²) < 4.78 is 17.1. The van der Waals surface area contributed by atoms with Crippen molar-refractivity contribution in [2.24, 2.45) is 0 Å². The first kappa shape index (κ1) is 12.7. The SMILES string of the molecule is COc1ccc(-c2nc3nccnc3[nH]2)c(S(C)=O)c1. The number of H-pyrrole nitrogens is 1. The molecule has 0 fully saturated rings. The monoisotopic (exact) mass is 288 g/mol. The van der Waals surface area contributed by atoms with E-state index in [-0.39, 0.29) is 0 Å². The predicted molar refractivity (Wildman–Crippen MR) is 76.0 cm³/mol. The lowest BCUT2D eigenvalue weighted by Crippen LogP contribution is -1.95. The molecule has 102 valence electrons. The first-order valence-corrected chi connectivity index (χ1v) is 7.43. The van der Waals surface area contributed by atoms with Crippen LogP contribution in [0.4, 0.5) is 0 Å². The Labute approximate surface area is 117 Å². The van der Waals surface area contributed by atoms with E-state index < -0.39 is 10.8 Å². The third-order valence-electron chi connectivity index (χ3n) is 2.89. The van der Waals surface area contributed by atoms with E-state index in [0.717, 1.165) is 5.56 Å². The van der Waals surface area contributed by atoms with Crippen molar-refractivity contribution < 1.29 is 8.95 Å². The van der Waals surface area contributed by atoms with Gasteiger partial charge in [-0.15, -0.1) is 0 Å². The molecule has 1 aromatic carbocycles. The number of aromatic amines is 1. The van der Waals surface area contributed by atoms with Gasteiger partial charge in [0.2, 0.25) is 0 Å². The molecular weight excluding hydrogens is 276 g/mol. The molecule has 0 aliphatic carbocycles. The lowest BCUT2D eigenvalue weighted by Gasteiger charge is -2.07. The van der Waals surface area contributed by atoms with E-state index in [1.54, 1.807) is 37.9 Å². The molecular formula is C13H12N4O2S. The van der Waals surface area contributed by atoms with Gasteiger partial charge in [0.1, 0.15) is 11.6 Å². The maximum absolute atomic E-state index is 11.9. The van der Waals surface area contributed by atoms with Crippen LogP contribution in [0.3, 0.4) is 0 Å². The summed E-state index contributed by atoms with van der Waals surface area (Å²) in [5.74, 6) is 1.25. The molecule has 1 N–H and O–H groups in total. The van der Waals surface area contributed by atoms with Crippen molar-refractivity contribution in [2.75, 3.05) is 13.4 Å². The average Bonchev–Trinajstić information content (AvgIpc) is 2.90. The second-order valence-electron chi connectivity index (χ2n) is 4.13. The maximum atomic E-state index is 11.9. The molecule has 3 rings (SSSR count). The molecule has 0 spiro atoms. The number of benzene rings is 1. The van der Waals surface area contributed by atoms with Crippen LogP contribution in [-0.4, -0.2) is 37.5 Å². The Morgan fingerprint density at radius 2 is 2.05 bits per heavy atom. The molecule has 20 heavy (non-hydrogen) atoms. The lowest BCUT2D eigenvalue weighted by atomic mass is 10.2. The smallest absolute Gasteiger partial charge is 0.197 e. The van der Waals surface area contributed by atoms with E-state index in [9.17, 15) is 4.21 Å². The largest absolute Gasteiger partial charge is 0.497 e. The van der Waals surface area contributed by atoms with Crippen LogP contribution in [0.5, 0.6) is 5.75 Å². The lowest BCUT2D eigenvalue weighted by molar-refractivity contribution is 0.413. The second-order valence-corrected chi connectivity index (χ2v) is 5.48. The zero-order valence-corrected chi connectivity index (χ0v) is 11.8. The number of nitrogens with zero attached hydrogens (tertiary/aromatic N) is 3. The number of ether oxygens (including phenoxy) is 1. The normalized spacial score (nSPS) is 12.5. The van der Waals surface area contributed by atoms with E-state index >= 15 is 0 Å². The first-order chi connectivity index (χ1) is 9.69. The first-order valence-electron chi connectivity index (χ1n) is 5.87. The van der Waals surface area contributed by atoms with Crippen molar-refractivity contribution in [1.82, 2.24) is 19.9 Å². The molecule has 1 atom stereocenters. The third kappa shape index (κ3) is 2.16. The van der Waals surface area contributed by atoms with Gasteiger partial charge in [-0.3, -0.25) is 4.21 Å². The van der Waals surface area contributed by atoms with E-state index in [0.29, 0.717) is 27.8 Å². The van der Waals surface area contributed by atoms with Crippen molar-refractivity contribution in [1.29, 1.82) is 0 Å². The van der Waals surface area contributed by atoms with E-state index in [2.05, 4.69) is 19.9 Å². The summed E-state index contributed by atoms with van der Waals surface area (Å²) in [6.07, 6.45) is 4.80. The van der Waals surface area contributed by atoms with Gasteiger partial charge >= 0.3 is 0 Å². The summed E-state index contributed by atoms with van der Waals surface area (Å²) in [6.45, 7) is 0. The molecule has 1 unspecified atom stereocenters. The number of rotatable bonds is 3. The predicted octanol–water partition coefficient (Wildman–Crippen LogP) is 1.77. The summed E-state index contributed by atoms with van der Waals surface area (Å²) in [7, 11) is 0.420. The van der Waals surface area contributed by atoms with E-state index in [1.165, 1.54) is 0 Å². The zero-order chi connectivity index (χ0) is 14.1. The van der Waals surface area contributed by atoms with E-state index in [4.69, 9.17) is 4.74 Å². The molecule has 0 aliphatic heterocycles. The molecule has 3 aromatic rings. The molecule has 0 amide bonds. The number of fused-ring (bicyclic) bond motifs is 1. The van der Waals surface area contributed by atoms with Gasteiger partial charge in [-0.1, -0.05) is 0 Å². The highest BCUT2D eigenvalue weighted by atomic mass is 32.2. The number of hydrogen-bond donors (Lipinski definition) is 1. The maximum Gasteiger partial charge on any atom is 0.197 e. The van der Waals surface area contributed by atoms with Gasteiger partial charge in [-0.05, 0) is 18.2 Å². The molecule has 0 saturated carbocycles. The summed E-state index contributed by atoms with van der Waals surface area (Å²) in [6, 6.07) is 5.38. The highest BCUT2D eigenvalue weighted by Crippen LogP contribution is 2.28. The quantitative estimate of drug-likeness (QED) is 0.794. The second kappa shape index (κ2) is 5.01. The van der Waals surface area contributed by atoms with Crippen molar-refractivity contribution in [2.45, 2.75) is 4.90 Å². The topological polar surface area (TPSA) is 80.8 Å². The van der Waals surface area contributed by atoms with Crippen molar-refractivity contribution in [3.63, 3.8) is 0 Å². The third-order valence-corrected chi connectivity index (χ3v) is 3.84. The fourth-order valence-electron chi connectivity index (χ4n) is 1.94. The van der Waals surface area contributed by atoms with Gasteiger partial charge in [0.05, 0.1) is 22.8 Å². The van der Waals surface area contributed by atoms with Crippen LogP contribution in [0.2, 0.25) is 0 Å². The average molecular weight is 288 g/mol. The fraction of sp³-hybridized carbons (Fsp3) is 0.154. The van der Waals surface area contributed by atoms with Crippen molar-refractivity contribution in [3.8, 4) is 17.1 Å². The number of hydrogen-bond acceptors (Lipinski definition) is 5. The van der Waals surface area contributed by atoms with Crippen LogP contribution in [0, 0.1) is 0 Å². The van der Waals surface area contributed by atoms with Crippen LogP contribution in [0.25, 0.3) is 22.7 Å². The Morgan fingerprint density at radius 1 is 1.25 bits per heavy atom. The minimum absolute atomic E-state index is 0.533. The Balaban J connectivity index is 2.20. The van der Waals surface area contributed by atoms with Gasteiger partial charge in [-0.25, -0.2) is 15.0 Å². The van der Waals surface area contributed by atoms with Gasteiger partial charge in [0, 0.05) is 24.2 Å². The number of imidazole rings is 1. The number of nitrogens with one attached hydrogen (secondary N) is 1.